The Bertz CT molecular complexity index is 1520. The number of aromatic nitrogens is 2. The molecule has 3 saturated heterocycles. The van der Waals surface area contributed by atoms with Crippen molar-refractivity contribution in [3.05, 3.63) is 42.1 Å². The van der Waals surface area contributed by atoms with Gasteiger partial charge in [-0.15, -0.1) is 0 Å². The van der Waals surface area contributed by atoms with Crippen LogP contribution in [-0.2, 0) is 14.8 Å². The number of ether oxygens (including phenoxy) is 2. The molecular weight excluding hydrogens is 611 g/mol. The number of piperidine rings is 1. The van der Waals surface area contributed by atoms with Crippen LogP contribution in [0.4, 0.5) is 10.2 Å². The van der Waals surface area contributed by atoms with E-state index in [1.165, 1.54) is 24.5 Å². The van der Waals surface area contributed by atoms with Crippen LogP contribution in [0.1, 0.15) is 75.6 Å². The summed E-state index contributed by atoms with van der Waals surface area (Å²) in [6.07, 6.45) is 10.5. The Kier molecular flexibility index (Phi) is 8.71. The molecular formula is C33H45FN6O5S. The molecule has 11 nitrogen and oxygen atoms in total. The van der Waals surface area contributed by atoms with Crippen LogP contribution in [0.2, 0.25) is 0 Å². The van der Waals surface area contributed by atoms with Gasteiger partial charge in [0.2, 0.25) is 10.0 Å². The summed E-state index contributed by atoms with van der Waals surface area (Å²) in [7, 11) is -3.19. The summed E-state index contributed by atoms with van der Waals surface area (Å²) in [5.41, 5.74) is 0.414. The number of nitrogens with zero attached hydrogens (tertiary/aromatic N) is 5. The zero-order valence-electron chi connectivity index (χ0n) is 26.7. The maximum absolute atomic E-state index is 14.4. The van der Waals surface area contributed by atoms with E-state index >= 15 is 0 Å². The molecule has 1 aromatic heterocycles. The minimum absolute atomic E-state index is 0.00183. The Morgan fingerprint density at radius 3 is 2.54 bits per heavy atom. The normalized spacial score (nSPS) is 25.0. The Hall–Kier alpha value is -2.87. The highest BCUT2D eigenvalue weighted by atomic mass is 32.2. The van der Waals surface area contributed by atoms with E-state index in [1.807, 2.05) is 18.7 Å². The van der Waals surface area contributed by atoms with Crippen LogP contribution >= 0.6 is 0 Å². The Morgan fingerprint density at radius 1 is 1.13 bits per heavy atom. The number of carbonyl (C=O) groups excluding carboxylic acids is 1. The van der Waals surface area contributed by atoms with Crippen LogP contribution < -0.4 is 14.4 Å². The predicted octanol–water partition coefficient (Wildman–Crippen LogP) is 3.95. The predicted molar refractivity (Wildman–Crippen MR) is 171 cm³/mol. The quantitative estimate of drug-likeness (QED) is 0.384. The number of anilines is 1. The number of sulfonamides is 1. The highest BCUT2D eigenvalue weighted by Gasteiger charge is 2.46. The third-order valence-electron chi connectivity index (χ3n) is 10.2. The summed E-state index contributed by atoms with van der Waals surface area (Å²) >= 11 is 0. The van der Waals surface area contributed by atoms with Crippen molar-refractivity contribution >= 4 is 21.7 Å². The van der Waals surface area contributed by atoms with E-state index in [4.69, 9.17) is 9.47 Å². The fraction of sp³-hybridized carbons (Fsp3) is 0.667. The van der Waals surface area contributed by atoms with E-state index in [0.29, 0.717) is 23.9 Å². The first-order valence-electron chi connectivity index (χ1n) is 16.8. The van der Waals surface area contributed by atoms with Gasteiger partial charge in [0.05, 0.1) is 29.7 Å². The van der Waals surface area contributed by atoms with Crippen molar-refractivity contribution in [2.45, 2.75) is 94.7 Å². The molecule has 1 N–H and O–H groups in total. The Labute approximate surface area is 270 Å². The third-order valence-corrected chi connectivity index (χ3v) is 12.2. The molecule has 2 atom stereocenters. The van der Waals surface area contributed by atoms with Crippen LogP contribution in [0.3, 0.4) is 0 Å². The fourth-order valence-electron chi connectivity index (χ4n) is 7.29. The van der Waals surface area contributed by atoms with Gasteiger partial charge < -0.3 is 24.2 Å². The summed E-state index contributed by atoms with van der Waals surface area (Å²) in [4.78, 5) is 28.8. The van der Waals surface area contributed by atoms with E-state index in [1.54, 1.807) is 6.20 Å². The lowest BCUT2D eigenvalue weighted by Crippen LogP contribution is -2.61. The number of carbonyl (C=O) groups is 1. The SMILES string of the molecule is CC(C)N(C(=O)c1cc(F)ccc1Oc1cncnc1N1CC2(CCN(C[C@@H]3CC[C@@H](NS(=O)(=O)C4CC4)CO3)CC2)C1)C1CC1. The average molecular weight is 657 g/mol. The van der Waals surface area contributed by atoms with Gasteiger partial charge in [0.1, 0.15) is 17.9 Å². The second kappa shape index (κ2) is 12.6. The lowest BCUT2D eigenvalue weighted by Gasteiger charge is -2.54. The molecule has 2 saturated carbocycles. The van der Waals surface area contributed by atoms with Crippen molar-refractivity contribution in [3.63, 3.8) is 0 Å². The highest BCUT2D eigenvalue weighted by molar-refractivity contribution is 7.90. The van der Waals surface area contributed by atoms with Crippen LogP contribution in [0.15, 0.2) is 30.7 Å². The zero-order chi connectivity index (χ0) is 32.1. The number of rotatable bonds is 11. The summed E-state index contributed by atoms with van der Waals surface area (Å²) in [6, 6.07) is 4.16. The van der Waals surface area contributed by atoms with Crippen molar-refractivity contribution in [2.24, 2.45) is 5.41 Å². The molecule has 1 amide bonds. The topological polar surface area (TPSA) is 117 Å². The maximum atomic E-state index is 14.4. The van der Waals surface area contributed by atoms with Crippen molar-refractivity contribution in [1.82, 2.24) is 24.5 Å². The fourth-order valence-corrected chi connectivity index (χ4v) is 8.89. The van der Waals surface area contributed by atoms with Gasteiger partial charge in [-0.3, -0.25) is 4.79 Å². The first kappa shape index (κ1) is 31.7. The van der Waals surface area contributed by atoms with Crippen LogP contribution in [0, 0.1) is 11.2 Å². The zero-order valence-corrected chi connectivity index (χ0v) is 27.6. The van der Waals surface area contributed by atoms with E-state index in [-0.39, 0.29) is 46.4 Å². The van der Waals surface area contributed by atoms with Crippen LogP contribution in [0.5, 0.6) is 11.5 Å². The number of halogens is 1. The number of benzene rings is 1. The molecule has 0 bridgehead atoms. The number of hydrogen-bond donors (Lipinski definition) is 1. The summed E-state index contributed by atoms with van der Waals surface area (Å²) in [6.45, 7) is 8.97. The van der Waals surface area contributed by atoms with Crippen LogP contribution in [0.25, 0.3) is 0 Å². The van der Waals surface area contributed by atoms with Crippen molar-refractivity contribution in [3.8, 4) is 11.5 Å². The second-order valence-corrected chi connectivity index (χ2v) is 16.2. The Balaban J connectivity index is 0.928. The molecule has 5 fully saturated rings. The number of hydrogen-bond acceptors (Lipinski definition) is 9. The molecule has 5 aliphatic rings. The standard InChI is InChI=1S/C33H45FN6O5S/c1-22(2)40(25-5-6-25)32(41)28-15-23(34)3-10-29(28)45-30-16-35-21-36-31(30)39-19-33(20-39)11-13-38(14-12-33)17-26-7-4-24(18-44-26)37-46(42,43)27-8-9-27/h3,10,15-16,21-22,24-27,37H,4-9,11-14,17-20H2,1-2H3/t24-,26+/m1/s1. The first-order chi connectivity index (χ1) is 22.1. The number of amides is 1. The second-order valence-electron chi connectivity index (χ2n) is 14.2. The monoisotopic (exact) mass is 656 g/mol. The van der Waals surface area contributed by atoms with Gasteiger partial charge in [0.25, 0.3) is 5.91 Å². The van der Waals surface area contributed by atoms with Gasteiger partial charge in [-0.25, -0.2) is 27.5 Å². The maximum Gasteiger partial charge on any atom is 0.258 e. The molecule has 7 rings (SSSR count). The minimum Gasteiger partial charge on any atom is -0.451 e. The average Bonchev–Trinajstić information content (AvgIpc) is 3.93. The lowest BCUT2D eigenvalue weighted by atomic mass is 9.72. The van der Waals surface area contributed by atoms with E-state index < -0.39 is 15.8 Å². The summed E-state index contributed by atoms with van der Waals surface area (Å²) in [5, 5.41) is -0.201. The van der Waals surface area contributed by atoms with Gasteiger partial charge in [-0.05, 0) is 96.5 Å². The van der Waals surface area contributed by atoms with Crippen molar-refractivity contribution in [2.75, 3.05) is 44.2 Å². The molecule has 13 heteroatoms. The molecule has 0 unspecified atom stereocenters. The van der Waals surface area contributed by atoms with Gasteiger partial charge in [0, 0.05) is 43.2 Å². The molecule has 46 heavy (non-hydrogen) atoms. The molecule has 0 radical (unpaired) electrons. The van der Waals surface area contributed by atoms with E-state index in [0.717, 1.165) is 84.1 Å². The smallest absolute Gasteiger partial charge is 0.258 e. The largest absolute Gasteiger partial charge is 0.451 e. The lowest BCUT2D eigenvalue weighted by molar-refractivity contribution is -0.0299. The third kappa shape index (κ3) is 6.88. The van der Waals surface area contributed by atoms with Gasteiger partial charge in [0.15, 0.2) is 11.6 Å². The molecule has 4 heterocycles. The molecule has 2 aliphatic carbocycles. The van der Waals surface area contributed by atoms with E-state index in [9.17, 15) is 17.6 Å². The molecule has 3 aliphatic heterocycles. The molecule has 250 valence electrons. The Morgan fingerprint density at radius 2 is 1.89 bits per heavy atom. The minimum atomic E-state index is -3.19. The van der Waals surface area contributed by atoms with Gasteiger partial charge in [-0.2, -0.15) is 0 Å². The highest BCUT2D eigenvalue weighted by Crippen LogP contribution is 2.45. The molecule has 1 aromatic carbocycles. The number of likely N-dealkylation sites (tertiary alicyclic amines) is 1. The van der Waals surface area contributed by atoms with Crippen molar-refractivity contribution in [1.29, 1.82) is 0 Å². The van der Waals surface area contributed by atoms with E-state index in [2.05, 4.69) is 24.5 Å². The van der Waals surface area contributed by atoms with Gasteiger partial charge >= 0.3 is 0 Å². The first-order valence-corrected chi connectivity index (χ1v) is 18.3. The number of nitrogens with one attached hydrogen (secondary N) is 1. The summed E-state index contributed by atoms with van der Waals surface area (Å²) < 4.78 is 54.1. The van der Waals surface area contributed by atoms with Crippen LogP contribution in [-0.4, -0.2) is 103 Å². The van der Waals surface area contributed by atoms with Crippen molar-refractivity contribution < 1.29 is 27.1 Å². The van der Waals surface area contributed by atoms with Gasteiger partial charge in [-0.1, -0.05) is 0 Å². The summed E-state index contributed by atoms with van der Waals surface area (Å²) in [5.74, 6) is 0.721. The molecule has 2 aromatic rings. The molecule has 1 spiro atoms.